The fraction of sp³-hybridized carbons (Fsp3) is 0.643. The number of nitrogens with one attached hydrogen (secondary N) is 3. The molecule has 37 heavy (non-hydrogen) atoms. The minimum atomic E-state index is -1.28. The number of benzene rings is 1. The van der Waals surface area contributed by atoms with Crippen molar-refractivity contribution in [3.05, 3.63) is 35.9 Å². The van der Waals surface area contributed by atoms with Crippen LogP contribution in [0, 0.1) is 11.8 Å². The van der Waals surface area contributed by atoms with Crippen LogP contribution in [0.4, 0.5) is 0 Å². The fourth-order valence-electron chi connectivity index (χ4n) is 4.32. The highest BCUT2D eigenvalue weighted by molar-refractivity contribution is 5.94. The van der Waals surface area contributed by atoms with Crippen LogP contribution < -0.4 is 16.0 Å². The van der Waals surface area contributed by atoms with Crippen LogP contribution in [0.1, 0.15) is 71.8 Å². The second-order valence-corrected chi connectivity index (χ2v) is 10.2. The van der Waals surface area contributed by atoms with Crippen molar-refractivity contribution in [3.8, 4) is 0 Å². The van der Waals surface area contributed by atoms with Gasteiger partial charge in [0, 0.05) is 6.42 Å². The molecular weight excluding hydrogens is 474 g/mol. The molecule has 1 fully saturated rings. The quantitative estimate of drug-likeness (QED) is 0.352. The predicted octanol–water partition coefficient (Wildman–Crippen LogP) is 2.25. The highest BCUT2D eigenvalue weighted by Gasteiger charge is 2.34. The average molecular weight is 518 g/mol. The van der Waals surface area contributed by atoms with Crippen LogP contribution in [0.25, 0.3) is 0 Å². The van der Waals surface area contributed by atoms with Gasteiger partial charge in [0.2, 0.25) is 17.7 Å². The zero-order chi connectivity index (χ0) is 27.4. The minimum Gasteiger partial charge on any atom is -0.460 e. The lowest BCUT2D eigenvalue weighted by atomic mass is 9.94. The van der Waals surface area contributed by atoms with E-state index in [1.54, 1.807) is 0 Å². The van der Waals surface area contributed by atoms with E-state index in [-0.39, 0.29) is 24.7 Å². The largest absolute Gasteiger partial charge is 0.460 e. The molecule has 1 heterocycles. The second kappa shape index (κ2) is 15.3. The van der Waals surface area contributed by atoms with E-state index < -0.39 is 54.5 Å². The number of unbranched alkanes of at least 4 members (excludes halogenated alkanes) is 1. The number of aliphatic hydroxyl groups is 1. The Morgan fingerprint density at radius 1 is 0.946 bits per heavy atom. The molecule has 1 aromatic carbocycles. The zero-order valence-electron chi connectivity index (χ0n) is 22.5. The average Bonchev–Trinajstić information content (AvgIpc) is 2.89. The van der Waals surface area contributed by atoms with E-state index in [0.717, 1.165) is 31.2 Å². The summed E-state index contributed by atoms with van der Waals surface area (Å²) in [5.41, 5.74) is 0.824. The van der Waals surface area contributed by atoms with Gasteiger partial charge in [0.15, 0.2) is 0 Å². The van der Waals surface area contributed by atoms with Crippen molar-refractivity contribution in [2.45, 2.75) is 96.9 Å². The Morgan fingerprint density at radius 2 is 1.59 bits per heavy atom. The van der Waals surface area contributed by atoms with Crippen molar-refractivity contribution >= 4 is 23.7 Å². The van der Waals surface area contributed by atoms with Gasteiger partial charge in [-0.3, -0.25) is 14.4 Å². The summed E-state index contributed by atoms with van der Waals surface area (Å²) < 4.78 is 5.87. The summed E-state index contributed by atoms with van der Waals surface area (Å²) in [6.07, 6.45) is 3.18. The Morgan fingerprint density at radius 3 is 2.22 bits per heavy atom. The summed E-state index contributed by atoms with van der Waals surface area (Å²) in [6, 6.07) is 5.98. The first-order chi connectivity index (χ1) is 17.7. The molecule has 0 aliphatic carbocycles. The smallest absolute Gasteiger partial charge is 0.328 e. The van der Waals surface area contributed by atoms with E-state index in [4.69, 9.17) is 4.74 Å². The summed E-state index contributed by atoms with van der Waals surface area (Å²) in [5, 5.41) is 17.9. The Kier molecular flexibility index (Phi) is 12.6. The number of hydrogen-bond acceptors (Lipinski definition) is 6. The lowest BCUT2D eigenvalue weighted by Gasteiger charge is -2.28. The molecule has 2 rings (SSSR count). The van der Waals surface area contributed by atoms with Crippen LogP contribution in [0.5, 0.6) is 0 Å². The minimum absolute atomic E-state index is 0.0914. The van der Waals surface area contributed by atoms with Crippen LogP contribution in [0.2, 0.25) is 0 Å². The van der Waals surface area contributed by atoms with Gasteiger partial charge >= 0.3 is 5.97 Å². The number of rotatable bonds is 10. The predicted molar refractivity (Wildman–Crippen MR) is 140 cm³/mol. The maximum atomic E-state index is 13.3. The highest BCUT2D eigenvalue weighted by atomic mass is 16.5. The second-order valence-electron chi connectivity index (χ2n) is 10.2. The molecule has 0 unspecified atom stereocenters. The summed E-state index contributed by atoms with van der Waals surface area (Å²) in [7, 11) is 0. The van der Waals surface area contributed by atoms with E-state index in [1.165, 1.54) is 0 Å². The SMILES string of the molecule is CCCC[C@H](C)[C@@H]1CC(=O)N[C@H](Cc2ccccc2)C(=O)N[C@@H](CO)C(=O)N[C@H](C[C@@H](C)CC)C(=O)O1. The number of esters is 1. The summed E-state index contributed by atoms with van der Waals surface area (Å²) in [4.78, 5) is 52.6. The van der Waals surface area contributed by atoms with Crippen LogP contribution in [0.3, 0.4) is 0 Å². The summed E-state index contributed by atoms with van der Waals surface area (Å²) in [6.45, 7) is 7.30. The first-order valence-electron chi connectivity index (χ1n) is 13.4. The van der Waals surface area contributed by atoms with Gasteiger partial charge < -0.3 is 25.8 Å². The van der Waals surface area contributed by atoms with Gasteiger partial charge in [0.05, 0.1) is 13.0 Å². The standard InChI is InChI=1S/C28H43N3O6/c1-5-7-11-19(4)24-16-25(33)29-21(15-20-12-9-8-10-13-20)26(34)31-23(17-32)27(35)30-22(28(36)37-24)14-18(3)6-2/h8-10,12-13,18-19,21-24,32H,5-7,11,14-17H2,1-4H3,(H,29,33)(H,30,35)(H,31,34)/t18-,19-,21+,22+,23-,24-/m0/s1. The normalized spacial score (nSPS) is 25.3. The Balaban J connectivity index is 2.40. The van der Waals surface area contributed by atoms with E-state index >= 15 is 0 Å². The molecule has 3 amide bonds. The number of cyclic esters (lactones) is 1. The van der Waals surface area contributed by atoms with E-state index in [2.05, 4.69) is 22.9 Å². The van der Waals surface area contributed by atoms with Crippen molar-refractivity contribution in [2.24, 2.45) is 11.8 Å². The number of ether oxygens (including phenoxy) is 1. The first kappa shape index (κ1) is 30.3. The highest BCUT2D eigenvalue weighted by Crippen LogP contribution is 2.21. The Bertz CT molecular complexity index is 893. The van der Waals surface area contributed by atoms with E-state index in [0.29, 0.717) is 6.42 Å². The van der Waals surface area contributed by atoms with Gasteiger partial charge in [-0.1, -0.05) is 77.3 Å². The third kappa shape index (κ3) is 9.80. The molecule has 6 atom stereocenters. The molecule has 1 aliphatic heterocycles. The maximum absolute atomic E-state index is 13.3. The van der Waals surface area contributed by atoms with Gasteiger partial charge in [-0.05, 0) is 30.2 Å². The van der Waals surface area contributed by atoms with Crippen LogP contribution in [-0.2, 0) is 30.3 Å². The molecule has 206 valence electrons. The maximum Gasteiger partial charge on any atom is 0.328 e. The van der Waals surface area contributed by atoms with Crippen LogP contribution in [0.15, 0.2) is 30.3 Å². The van der Waals surface area contributed by atoms with Crippen molar-refractivity contribution in [2.75, 3.05) is 6.61 Å². The number of hydrogen-bond donors (Lipinski definition) is 4. The van der Waals surface area contributed by atoms with Crippen LogP contribution in [-0.4, -0.2) is 59.6 Å². The molecule has 0 bridgehead atoms. The van der Waals surface area contributed by atoms with Crippen molar-refractivity contribution < 1.29 is 29.0 Å². The number of aliphatic hydroxyl groups excluding tert-OH is 1. The van der Waals surface area contributed by atoms with E-state index in [9.17, 15) is 24.3 Å². The number of carbonyl (C=O) groups is 4. The molecule has 1 aromatic rings. The van der Waals surface area contributed by atoms with Gasteiger partial charge in [-0.2, -0.15) is 0 Å². The molecular formula is C28H43N3O6. The van der Waals surface area contributed by atoms with Gasteiger partial charge in [0.1, 0.15) is 24.2 Å². The monoisotopic (exact) mass is 517 g/mol. The molecule has 1 aliphatic rings. The molecule has 1 saturated heterocycles. The van der Waals surface area contributed by atoms with Crippen LogP contribution >= 0.6 is 0 Å². The van der Waals surface area contributed by atoms with Gasteiger partial charge in [0.25, 0.3) is 0 Å². The van der Waals surface area contributed by atoms with Gasteiger partial charge in [-0.25, -0.2) is 4.79 Å². The van der Waals surface area contributed by atoms with E-state index in [1.807, 2.05) is 51.1 Å². The fourth-order valence-corrected chi connectivity index (χ4v) is 4.32. The van der Waals surface area contributed by atoms with Crippen molar-refractivity contribution in [1.82, 2.24) is 16.0 Å². The van der Waals surface area contributed by atoms with Crippen molar-refractivity contribution in [1.29, 1.82) is 0 Å². The molecule has 0 saturated carbocycles. The van der Waals surface area contributed by atoms with Crippen molar-refractivity contribution in [3.63, 3.8) is 0 Å². The third-order valence-electron chi connectivity index (χ3n) is 6.99. The molecule has 9 heteroatoms. The summed E-state index contributed by atoms with van der Waals surface area (Å²) >= 11 is 0. The molecule has 0 radical (unpaired) electrons. The summed E-state index contributed by atoms with van der Waals surface area (Å²) in [5.74, 6) is -2.28. The molecule has 9 nitrogen and oxygen atoms in total. The Hall–Kier alpha value is -2.94. The zero-order valence-corrected chi connectivity index (χ0v) is 22.5. The Labute approximate surface area is 220 Å². The molecule has 0 spiro atoms. The first-order valence-corrected chi connectivity index (χ1v) is 13.4. The topological polar surface area (TPSA) is 134 Å². The number of amides is 3. The lowest BCUT2D eigenvalue weighted by molar-refractivity contribution is -0.157. The third-order valence-corrected chi connectivity index (χ3v) is 6.99. The van der Waals surface area contributed by atoms with Gasteiger partial charge in [-0.15, -0.1) is 0 Å². The lowest BCUT2D eigenvalue weighted by Crippen LogP contribution is -2.57. The molecule has 0 aromatic heterocycles. The molecule has 4 N–H and O–H groups in total. The number of carbonyl (C=O) groups excluding carboxylic acids is 4.